The van der Waals surface area contributed by atoms with Gasteiger partial charge in [0.25, 0.3) is 5.91 Å². The van der Waals surface area contributed by atoms with Gasteiger partial charge in [-0.15, -0.1) is 5.10 Å². The maximum absolute atomic E-state index is 13.6. The maximum atomic E-state index is 13.6. The molecule has 4 rings (SSSR count). The molecule has 2 aliphatic rings. The van der Waals surface area contributed by atoms with Crippen LogP contribution in [0.3, 0.4) is 0 Å². The van der Waals surface area contributed by atoms with Crippen molar-refractivity contribution < 1.29 is 14.3 Å². The fourth-order valence-corrected chi connectivity index (χ4v) is 4.60. The molecule has 30 heavy (non-hydrogen) atoms. The minimum absolute atomic E-state index is 0.0241. The molecule has 0 spiro atoms. The number of ether oxygens (including phenoxy) is 1. The molecule has 2 aromatic rings. The van der Waals surface area contributed by atoms with Crippen LogP contribution in [-0.2, 0) is 4.79 Å². The van der Waals surface area contributed by atoms with Crippen LogP contribution >= 0.6 is 11.5 Å². The third kappa shape index (κ3) is 4.64. The molecule has 1 atom stereocenters. The highest BCUT2D eigenvalue weighted by Crippen LogP contribution is 2.39. The molecule has 1 aromatic carbocycles. The van der Waals surface area contributed by atoms with E-state index in [2.05, 4.69) is 14.9 Å². The molecule has 1 N–H and O–H groups in total. The van der Waals surface area contributed by atoms with Gasteiger partial charge in [-0.25, -0.2) is 0 Å². The third-order valence-electron chi connectivity index (χ3n) is 5.75. The molecule has 2 saturated carbocycles. The summed E-state index contributed by atoms with van der Waals surface area (Å²) in [6, 6.07) is 6.95. The van der Waals surface area contributed by atoms with Crippen molar-refractivity contribution in [3.63, 3.8) is 0 Å². The van der Waals surface area contributed by atoms with E-state index in [1.54, 1.807) is 10.3 Å². The van der Waals surface area contributed by atoms with E-state index < -0.39 is 6.04 Å². The highest BCUT2D eigenvalue weighted by Gasteiger charge is 2.43. The van der Waals surface area contributed by atoms with Gasteiger partial charge in [0.2, 0.25) is 5.91 Å². The van der Waals surface area contributed by atoms with Gasteiger partial charge in [-0.3, -0.25) is 9.59 Å². The minimum Gasteiger partial charge on any atom is -0.494 e. The SMILES string of the molecule is CCOc1ccccc1[C@@H](C(=O)NC1CCCCC1)N(C(=O)c1csnn1)C1CC1. The summed E-state index contributed by atoms with van der Waals surface area (Å²) in [5, 5.41) is 8.84. The van der Waals surface area contributed by atoms with Crippen LogP contribution in [0.1, 0.15) is 74.0 Å². The fourth-order valence-electron chi connectivity index (χ4n) is 4.17. The molecular formula is C22H28N4O3S. The lowest BCUT2D eigenvalue weighted by Crippen LogP contribution is -2.48. The highest BCUT2D eigenvalue weighted by atomic mass is 32.1. The average molecular weight is 429 g/mol. The summed E-state index contributed by atoms with van der Waals surface area (Å²) in [6.07, 6.45) is 7.20. The van der Waals surface area contributed by atoms with Gasteiger partial charge in [0.1, 0.15) is 11.8 Å². The van der Waals surface area contributed by atoms with Crippen molar-refractivity contribution in [3.8, 4) is 5.75 Å². The summed E-state index contributed by atoms with van der Waals surface area (Å²) >= 11 is 1.14. The Labute approximate surface area is 181 Å². The van der Waals surface area contributed by atoms with E-state index in [-0.39, 0.29) is 29.6 Å². The Morgan fingerprint density at radius 1 is 1.20 bits per heavy atom. The summed E-state index contributed by atoms with van der Waals surface area (Å²) in [4.78, 5) is 28.7. The van der Waals surface area contributed by atoms with E-state index >= 15 is 0 Å². The molecular weight excluding hydrogens is 400 g/mol. The number of carbonyl (C=O) groups excluding carboxylic acids is 2. The zero-order valence-electron chi connectivity index (χ0n) is 17.3. The van der Waals surface area contributed by atoms with Crippen molar-refractivity contribution in [1.29, 1.82) is 0 Å². The Kier molecular flexibility index (Phi) is 6.62. The van der Waals surface area contributed by atoms with Crippen molar-refractivity contribution >= 4 is 23.3 Å². The Bertz CT molecular complexity index is 863. The van der Waals surface area contributed by atoms with Gasteiger partial charge in [-0.1, -0.05) is 41.9 Å². The van der Waals surface area contributed by atoms with Gasteiger partial charge in [-0.2, -0.15) is 0 Å². The first-order chi connectivity index (χ1) is 14.7. The van der Waals surface area contributed by atoms with Crippen molar-refractivity contribution in [2.45, 2.75) is 70.0 Å². The molecule has 0 unspecified atom stereocenters. The molecule has 7 nitrogen and oxygen atoms in total. The predicted molar refractivity (Wildman–Crippen MR) is 114 cm³/mol. The van der Waals surface area contributed by atoms with E-state index in [0.717, 1.165) is 55.6 Å². The number of hydrogen-bond acceptors (Lipinski definition) is 6. The molecule has 8 heteroatoms. The monoisotopic (exact) mass is 428 g/mol. The summed E-state index contributed by atoms with van der Waals surface area (Å²) in [5.74, 6) is 0.248. The lowest BCUT2D eigenvalue weighted by Gasteiger charge is -2.33. The molecule has 1 aromatic heterocycles. The van der Waals surface area contributed by atoms with Crippen LogP contribution in [-0.4, -0.2) is 45.0 Å². The second-order valence-electron chi connectivity index (χ2n) is 7.95. The summed E-state index contributed by atoms with van der Waals surface area (Å²) in [7, 11) is 0. The van der Waals surface area contributed by atoms with Crippen LogP contribution in [0.15, 0.2) is 29.6 Å². The zero-order valence-corrected chi connectivity index (χ0v) is 18.1. The first-order valence-electron chi connectivity index (χ1n) is 10.8. The van der Waals surface area contributed by atoms with Crippen molar-refractivity contribution in [2.75, 3.05) is 6.61 Å². The van der Waals surface area contributed by atoms with Crippen LogP contribution in [0.2, 0.25) is 0 Å². The normalized spacial score (nSPS) is 17.9. The number of aromatic nitrogens is 2. The topological polar surface area (TPSA) is 84.4 Å². The van der Waals surface area contributed by atoms with Crippen LogP contribution in [0, 0.1) is 0 Å². The highest BCUT2D eigenvalue weighted by molar-refractivity contribution is 7.03. The molecule has 0 saturated heterocycles. The van der Waals surface area contributed by atoms with E-state index in [1.807, 2.05) is 31.2 Å². The number of hydrogen-bond donors (Lipinski definition) is 1. The molecule has 2 amide bonds. The minimum atomic E-state index is -0.753. The molecule has 0 aliphatic heterocycles. The molecule has 160 valence electrons. The molecule has 0 bridgehead atoms. The van der Waals surface area contributed by atoms with E-state index in [0.29, 0.717) is 12.4 Å². The van der Waals surface area contributed by atoms with Gasteiger partial charge in [-0.05, 0) is 50.2 Å². The van der Waals surface area contributed by atoms with Crippen molar-refractivity contribution in [1.82, 2.24) is 19.8 Å². The molecule has 2 fully saturated rings. The van der Waals surface area contributed by atoms with Crippen LogP contribution in [0.5, 0.6) is 5.75 Å². The van der Waals surface area contributed by atoms with E-state index in [9.17, 15) is 9.59 Å². The number of rotatable bonds is 8. The van der Waals surface area contributed by atoms with E-state index in [4.69, 9.17) is 4.74 Å². The fraction of sp³-hybridized carbons (Fsp3) is 0.545. The molecule has 0 radical (unpaired) electrons. The lowest BCUT2D eigenvalue weighted by molar-refractivity contribution is -0.127. The number of nitrogens with zero attached hydrogens (tertiary/aromatic N) is 3. The number of amides is 2. The van der Waals surface area contributed by atoms with Gasteiger partial charge in [0.05, 0.1) is 6.61 Å². The maximum Gasteiger partial charge on any atom is 0.276 e. The van der Waals surface area contributed by atoms with Crippen LogP contribution in [0.4, 0.5) is 0 Å². The summed E-state index contributed by atoms with van der Waals surface area (Å²) in [6.45, 7) is 2.40. The van der Waals surface area contributed by atoms with Crippen LogP contribution in [0.25, 0.3) is 0 Å². The van der Waals surface area contributed by atoms with E-state index in [1.165, 1.54) is 6.42 Å². The van der Waals surface area contributed by atoms with Crippen molar-refractivity contribution in [3.05, 3.63) is 40.9 Å². The second kappa shape index (κ2) is 9.55. The molecule has 2 aliphatic carbocycles. The largest absolute Gasteiger partial charge is 0.494 e. The number of carbonyl (C=O) groups is 2. The van der Waals surface area contributed by atoms with Crippen LogP contribution < -0.4 is 10.1 Å². The van der Waals surface area contributed by atoms with Gasteiger partial charge >= 0.3 is 0 Å². The number of nitrogens with one attached hydrogen (secondary N) is 1. The Morgan fingerprint density at radius 2 is 1.97 bits per heavy atom. The second-order valence-corrected chi connectivity index (χ2v) is 8.56. The van der Waals surface area contributed by atoms with Gasteiger partial charge in [0, 0.05) is 23.0 Å². The first kappa shape index (κ1) is 20.8. The Balaban J connectivity index is 1.70. The summed E-state index contributed by atoms with van der Waals surface area (Å²) in [5.41, 5.74) is 1.01. The summed E-state index contributed by atoms with van der Waals surface area (Å²) < 4.78 is 9.68. The third-order valence-corrected chi connectivity index (χ3v) is 6.25. The van der Waals surface area contributed by atoms with Crippen molar-refractivity contribution in [2.24, 2.45) is 0 Å². The average Bonchev–Trinajstić information content (AvgIpc) is 3.44. The first-order valence-corrected chi connectivity index (χ1v) is 11.6. The number of para-hydroxylation sites is 1. The standard InChI is InChI=1S/C22H28N4O3S/c1-2-29-19-11-7-6-10-17(19)20(21(27)23-15-8-4-3-5-9-15)26(16-12-13-16)22(28)18-14-30-25-24-18/h6-7,10-11,14-16,20H,2-5,8-9,12-13H2,1H3,(H,23,27)/t20-/m0/s1. The molecule has 1 heterocycles. The van der Waals surface area contributed by atoms with Gasteiger partial charge in [0.15, 0.2) is 5.69 Å². The smallest absolute Gasteiger partial charge is 0.276 e. The number of benzene rings is 1. The lowest BCUT2D eigenvalue weighted by atomic mass is 9.94. The predicted octanol–water partition coefficient (Wildman–Crippen LogP) is 3.73. The Hall–Kier alpha value is -2.48. The van der Waals surface area contributed by atoms with Gasteiger partial charge < -0.3 is 15.0 Å². The Morgan fingerprint density at radius 3 is 2.63 bits per heavy atom. The quantitative estimate of drug-likeness (QED) is 0.693. The zero-order chi connectivity index (χ0) is 20.9.